The fraction of sp³-hybridized carbons (Fsp3) is 1.00. The van der Waals surface area contributed by atoms with E-state index in [1.807, 2.05) is 0 Å². The molecule has 14 heavy (non-hydrogen) atoms. The van der Waals surface area contributed by atoms with Gasteiger partial charge in [-0.15, -0.1) is 0 Å². The summed E-state index contributed by atoms with van der Waals surface area (Å²) in [6, 6.07) is 0.643. The molecule has 2 aliphatic rings. The summed E-state index contributed by atoms with van der Waals surface area (Å²) in [6.07, 6.45) is 8.09. The van der Waals surface area contributed by atoms with Crippen molar-refractivity contribution in [1.29, 1.82) is 0 Å². The van der Waals surface area contributed by atoms with Gasteiger partial charge in [-0.2, -0.15) is 0 Å². The third-order valence-electron chi connectivity index (χ3n) is 4.03. The first kappa shape index (κ1) is 10.4. The molecule has 2 N–H and O–H groups in total. The zero-order valence-electron chi connectivity index (χ0n) is 9.26. The van der Waals surface area contributed by atoms with Crippen molar-refractivity contribution in [3.63, 3.8) is 0 Å². The molecule has 2 fully saturated rings. The number of nitrogens with one attached hydrogen (secondary N) is 1. The van der Waals surface area contributed by atoms with Gasteiger partial charge in [0.1, 0.15) is 0 Å². The van der Waals surface area contributed by atoms with Crippen LogP contribution in [0.15, 0.2) is 0 Å². The minimum atomic E-state index is 0.272. The van der Waals surface area contributed by atoms with Crippen molar-refractivity contribution < 1.29 is 5.11 Å². The van der Waals surface area contributed by atoms with E-state index in [0.717, 1.165) is 12.5 Å². The van der Waals surface area contributed by atoms with Crippen molar-refractivity contribution in [3.05, 3.63) is 0 Å². The van der Waals surface area contributed by atoms with Gasteiger partial charge in [-0.1, -0.05) is 19.3 Å². The van der Waals surface area contributed by atoms with E-state index in [9.17, 15) is 0 Å². The zero-order chi connectivity index (χ0) is 10.0. The molecule has 0 aromatic carbocycles. The molecule has 2 heteroatoms. The van der Waals surface area contributed by atoms with E-state index < -0.39 is 0 Å². The molecule has 2 rings (SSSR count). The first-order valence-corrected chi connectivity index (χ1v) is 6.08. The molecule has 2 aliphatic carbocycles. The average Bonchev–Trinajstić information content (AvgIpc) is 2.89. The Hall–Kier alpha value is -0.0800. The monoisotopic (exact) mass is 197 g/mol. The van der Waals surface area contributed by atoms with Crippen LogP contribution in [-0.2, 0) is 0 Å². The van der Waals surface area contributed by atoms with E-state index in [4.69, 9.17) is 5.11 Å². The molecule has 1 unspecified atom stereocenters. The molecule has 1 atom stereocenters. The molecule has 0 spiro atoms. The van der Waals surface area contributed by atoms with E-state index in [2.05, 4.69) is 12.2 Å². The molecule has 0 aromatic rings. The van der Waals surface area contributed by atoms with Crippen LogP contribution in [-0.4, -0.2) is 24.3 Å². The summed E-state index contributed by atoms with van der Waals surface area (Å²) in [4.78, 5) is 0. The van der Waals surface area contributed by atoms with Gasteiger partial charge in [-0.3, -0.25) is 0 Å². The van der Waals surface area contributed by atoms with Gasteiger partial charge in [0.25, 0.3) is 0 Å². The number of hydrogen-bond acceptors (Lipinski definition) is 2. The summed E-state index contributed by atoms with van der Waals surface area (Å²) in [7, 11) is 0. The normalized spacial score (nSPS) is 27.0. The van der Waals surface area contributed by atoms with Gasteiger partial charge in [0, 0.05) is 24.6 Å². The minimum absolute atomic E-state index is 0.272. The Labute approximate surface area is 87.1 Å². The molecule has 0 radical (unpaired) electrons. The van der Waals surface area contributed by atoms with Crippen LogP contribution in [0.3, 0.4) is 0 Å². The number of aliphatic hydroxyl groups is 1. The largest absolute Gasteiger partial charge is 0.396 e. The van der Waals surface area contributed by atoms with Gasteiger partial charge in [-0.05, 0) is 32.1 Å². The topological polar surface area (TPSA) is 32.3 Å². The summed E-state index contributed by atoms with van der Waals surface area (Å²) >= 11 is 0. The minimum Gasteiger partial charge on any atom is -0.396 e. The van der Waals surface area contributed by atoms with Crippen LogP contribution in [0.2, 0.25) is 0 Å². The van der Waals surface area contributed by atoms with E-state index in [-0.39, 0.29) is 5.41 Å². The van der Waals surface area contributed by atoms with Crippen LogP contribution in [0.4, 0.5) is 0 Å². The molecule has 0 heterocycles. The molecule has 0 bridgehead atoms. The lowest BCUT2D eigenvalue weighted by molar-refractivity contribution is 0.197. The fourth-order valence-corrected chi connectivity index (χ4v) is 2.27. The molecule has 2 nitrogen and oxygen atoms in total. The Morgan fingerprint density at radius 2 is 2.14 bits per heavy atom. The second-order valence-electron chi connectivity index (χ2n) is 5.47. The summed E-state index contributed by atoms with van der Waals surface area (Å²) in [5.41, 5.74) is 0.272. The Morgan fingerprint density at radius 1 is 1.43 bits per heavy atom. The highest BCUT2D eigenvalue weighted by atomic mass is 16.3. The second-order valence-corrected chi connectivity index (χ2v) is 5.47. The molecule has 0 saturated heterocycles. The van der Waals surface area contributed by atoms with Gasteiger partial charge < -0.3 is 10.4 Å². The first-order chi connectivity index (χ1) is 6.74. The Morgan fingerprint density at radius 3 is 2.57 bits per heavy atom. The zero-order valence-corrected chi connectivity index (χ0v) is 9.26. The predicted molar refractivity (Wildman–Crippen MR) is 58.2 cm³/mol. The van der Waals surface area contributed by atoms with E-state index in [0.29, 0.717) is 12.6 Å². The van der Waals surface area contributed by atoms with Gasteiger partial charge >= 0.3 is 0 Å². The number of aliphatic hydroxyl groups excluding tert-OH is 1. The summed E-state index contributed by atoms with van der Waals surface area (Å²) < 4.78 is 0. The summed E-state index contributed by atoms with van der Waals surface area (Å²) in [5, 5.41) is 12.7. The third kappa shape index (κ3) is 2.48. The Kier molecular flexibility index (Phi) is 3.13. The van der Waals surface area contributed by atoms with Crippen LogP contribution < -0.4 is 5.32 Å². The molecule has 82 valence electrons. The lowest BCUT2D eigenvalue weighted by Gasteiger charge is -2.29. The van der Waals surface area contributed by atoms with E-state index >= 15 is 0 Å². The van der Waals surface area contributed by atoms with Crippen molar-refractivity contribution in [2.45, 2.75) is 51.5 Å². The Bertz CT molecular complexity index is 185. The van der Waals surface area contributed by atoms with E-state index in [1.54, 1.807) is 0 Å². The molecule has 2 saturated carbocycles. The Balaban J connectivity index is 1.59. The quantitative estimate of drug-likeness (QED) is 0.682. The van der Waals surface area contributed by atoms with E-state index in [1.165, 1.54) is 38.5 Å². The molecule has 0 amide bonds. The van der Waals surface area contributed by atoms with Gasteiger partial charge in [0.15, 0.2) is 0 Å². The van der Waals surface area contributed by atoms with Crippen molar-refractivity contribution in [3.8, 4) is 0 Å². The lowest BCUT2D eigenvalue weighted by atomic mass is 9.81. The van der Waals surface area contributed by atoms with Crippen molar-refractivity contribution in [2.24, 2.45) is 11.3 Å². The molecular weight excluding hydrogens is 174 g/mol. The maximum atomic E-state index is 9.17. The van der Waals surface area contributed by atoms with Crippen LogP contribution >= 0.6 is 0 Å². The highest BCUT2D eigenvalue weighted by molar-refractivity contribution is 4.94. The van der Waals surface area contributed by atoms with Crippen LogP contribution in [0.5, 0.6) is 0 Å². The van der Waals surface area contributed by atoms with Crippen molar-refractivity contribution in [2.75, 3.05) is 13.2 Å². The molecule has 0 aliphatic heterocycles. The summed E-state index contributed by atoms with van der Waals surface area (Å²) in [5.74, 6) is 0.988. The number of rotatable bonds is 6. The van der Waals surface area contributed by atoms with Gasteiger partial charge in [0.2, 0.25) is 0 Å². The average molecular weight is 197 g/mol. The van der Waals surface area contributed by atoms with Crippen LogP contribution in [0, 0.1) is 11.3 Å². The fourth-order valence-electron chi connectivity index (χ4n) is 2.27. The maximum absolute atomic E-state index is 9.17. The highest BCUT2D eigenvalue weighted by Gasteiger charge is 2.41. The SMILES string of the molecule is CC(CC1CCC1)NCC1(CO)CC1. The summed E-state index contributed by atoms with van der Waals surface area (Å²) in [6.45, 7) is 3.68. The molecule has 0 aromatic heterocycles. The number of hydrogen-bond donors (Lipinski definition) is 2. The van der Waals surface area contributed by atoms with Gasteiger partial charge in [-0.25, -0.2) is 0 Å². The highest BCUT2D eigenvalue weighted by Crippen LogP contribution is 2.44. The van der Waals surface area contributed by atoms with Crippen LogP contribution in [0.1, 0.15) is 45.4 Å². The molecular formula is C12H23NO. The first-order valence-electron chi connectivity index (χ1n) is 6.08. The van der Waals surface area contributed by atoms with Gasteiger partial charge in [0.05, 0.1) is 0 Å². The van der Waals surface area contributed by atoms with Crippen molar-refractivity contribution >= 4 is 0 Å². The second kappa shape index (κ2) is 4.19. The maximum Gasteiger partial charge on any atom is 0.0499 e. The lowest BCUT2D eigenvalue weighted by Crippen LogP contribution is -2.35. The van der Waals surface area contributed by atoms with Crippen LogP contribution in [0.25, 0.3) is 0 Å². The third-order valence-corrected chi connectivity index (χ3v) is 4.03. The van der Waals surface area contributed by atoms with Crippen molar-refractivity contribution in [1.82, 2.24) is 5.32 Å². The predicted octanol–water partition coefficient (Wildman–Crippen LogP) is 1.93. The standard InChI is InChI=1S/C12H23NO/c1-10(7-11-3-2-4-11)13-8-12(9-14)5-6-12/h10-11,13-14H,2-9H2,1H3. The smallest absolute Gasteiger partial charge is 0.0499 e.